The Morgan fingerprint density at radius 2 is 1.48 bits per heavy atom. The number of benzene rings is 4. The number of hydrogen-bond acceptors (Lipinski definition) is 3. The number of halogens is 3. The summed E-state index contributed by atoms with van der Waals surface area (Å²) in [5.74, 6) is -2.43. The molecule has 2 atom stereocenters. The van der Waals surface area contributed by atoms with E-state index in [0.29, 0.717) is 12.2 Å². The number of rotatable bonds is 9. The van der Waals surface area contributed by atoms with Crippen LogP contribution in [0.3, 0.4) is 0 Å². The van der Waals surface area contributed by atoms with Gasteiger partial charge < -0.3 is 9.16 Å². The summed E-state index contributed by atoms with van der Waals surface area (Å²) < 4.78 is 46.9. The third-order valence-corrected chi connectivity index (χ3v) is 15.1. The Morgan fingerprint density at radius 1 is 0.870 bits per heavy atom. The summed E-state index contributed by atoms with van der Waals surface area (Å²) in [6.07, 6.45) is 1.45. The van der Waals surface area contributed by atoms with Crippen molar-refractivity contribution in [1.29, 1.82) is 0 Å². The van der Waals surface area contributed by atoms with Gasteiger partial charge in [0.15, 0.2) is 0 Å². The lowest BCUT2D eigenvalue weighted by Crippen LogP contribution is -2.67. The Labute approximate surface area is 281 Å². The maximum atomic E-state index is 16.7. The van der Waals surface area contributed by atoms with E-state index in [2.05, 4.69) is 67.9 Å². The lowest BCUT2D eigenvalue weighted by atomic mass is 9.84. The molecule has 0 saturated heterocycles. The number of methoxy groups -OCH3 is 1. The molecule has 0 spiro atoms. The van der Waals surface area contributed by atoms with Crippen LogP contribution in [-0.2, 0) is 10.8 Å². The molecule has 7 heteroatoms. The monoisotopic (exact) mass is 701 g/mol. The molecule has 4 aromatic rings. The molecule has 6 rings (SSSR count). The highest BCUT2D eigenvalue weighted by Crippen LogP contribution is 2.51. The summed E-state index contributed by atoms with van der Waals surface area (Å²) in [4.78, 5) is 1.99. The van der Waals surface area contributed by atoms with Crippen molar-refractivity contribution < 1.29 is 17.9 Å². The van der Waals surface area contributed by atoms with Gasteiger partial charge in [-0.3, -0.25) is 4.90 Å². The lowest BCUT2D eigenvalue weighted by molar-refractivity contribution is -0.0814. The van der Waals surface area contributed by atoms with Crippen LogP contribution in [0.15, 0.2) is 113 Å². The highest BCUT2D eigenvalue weighted by atomic mass is 79.9. The van der Waals surface area contributed by atoms with E-state index in [9.17, 15) is 0 Å². The summed E-state index contributed by atoms with van der Waals surface area (Å²) >= 11 is 3.65. The van der Waals surface area contributed by atoms with E-state index in [1.807, 2.05) is 83.8 Å². The Hall–Kier alpha value is -3.10. The molecular formula is C39H42BrF2NO2Si. The average molecular weight is 703 g/mol. The fraction of sp³-hybridized carbons (Fsp3) is 0.333. The van der Waals surface area contributed by atoms with E-state index in [1.54, 1.807) is 7.11 Å². The lowest BCUT2D eigenvalue weighted by Gasteiger charge is -2.46. The van der Waals surface area contributed by atoms with Crippen LogP contribution in [0.1, 0.15) is 56.8 Å². The van der Waals surface area contributed by atoms with Crippen molar-refractivity contribution in [3.05, 3.63) is 130 Å². The van der Waals surface area contributed by atoms with Gasteiger partial charge in [-0.1, -0.05) is 122 Å². The fourth-order valence-electron chi connectivity index (χ4n) is 7.64. The number of alkyl halides is 2. The molecule has 0 saturated carbocycles. The molecule has 2 aliphatic rings. The molecule has 0 bridgehead atoms. The quantitative estimate of drug-likeness (QED) is 0.163. The highest BCUT2D eigenvalue weighted by Gasteiger charge is 2.52. The minimum absolute atomic E-state index is 0.127. The first-order valence-corrected chi connectivity index (χ1v) is 18.7. The zero-order chi connectivity index (χ0) is 32.7. The molecule has 1 aliphatic carbocycles. The van der Waals surface area contributed by atoms with Crippen LogP contribution in [-0.4, -0.2) is 45.4 Å². The minimum atomic E-state index is -3.14. The van der Waals surface area contributed by atoms with Gasteiger partial charge >= 0.3 is 0 Å². The summed E-state index contributed by atoms with van der Waals surface area (Å²) in [6, 6.07) is 33.8. The standard InChI is InChI=1S/C39H42BrF2NO2Si/c1-27-22-33-32-19-13-12-14-28(32)23-34(33)37(35-24-29(40)20-21-36(35)44-5)43(27)25-39(41,42)26-45-46(38(2,3)4,30-15-8-6-9-16-30)31-17-10-7-11-18-31/h6-21,24,27,37H,22-23,25-26H2,1-5H3/t27-,37+/m1/s1. The number of nitrogens with zero attached hydrogens (tertiary/aromatic N) is 1. The van der Waals surface area contributed by atoms with Crippen molar-refractivity contribution in [3.8, 4) is 5.75 Å². The first kappa shape index (κ1) is 32.8. The maximum Gasteiger partial charge on any atom is 0.282 e. The van der Waals surface area contributed by atoms with Crippen LogP contribution in [0.25, 0.3) is 5.57 Å². The third-order valence-electron chi connectivity index (χ3n) is 9.66. The second kappa shape index (κ2) is 12.8. The van der Waals surface area contributed by atoms with Crippen molar-refractivity contribution >= 4 is 40.2 Å². The molecule has 0 N–H and O–H groups in total. The maximum absolute atomic E-state index is 16.7. The number of ether oxygens (including phenoxy) is 1. The van der Waals surface area contributed by atoms with Gasteiger partial charge in [0.1, 0.15) is 5.75 Å². The van der Waals surface area contributed by atoms with Gasteiger partial charge in [-0.05, 0) is 75.6 Å². The van der Waals surface area contributed by atoms with Crippen LogP contribution in [0.5, 0.6) is 5.75 Å². The molecule has 1 heterocycles. The van der Waals surface area contributed by atoms with Crippen molar-refractivity contribution in [2.75, 3.05) is 20.3 Å². The number of hydrogen-bond donors (Lipinski definition) is 0. The second-order valence-corrected chi connectivity index (χ2v) is 18.9. The van der Waals surface area contributed by atoms with Gasteiger partial charge in [0.05, 0.1) is 26.3 Å². The molecule has 4 aromatic carbocycles. The van der Waals surface area contributed by atoms with Crippen LogP contribution < -0.4 is 15.1 Å². The first-order valence-electron chi connectivity index (χ1n) is 16.0. The predicted molar refractivity (Wildman–Crippen MR) is 190 cm³/mol. The summed E-state index contributed by atoms with van der Waals surface area (Å²) in [5, 5.41) is 1.59. The average Bonchev–Trinajstić information content (AvgIpc) is 3.40. The fourth-order valence-corrected chi connectivity index (χ4v) is 12.6. The molecule has 46 heavy (non-hydrogen) atoms. The molecule has 240 valence electrons. The first-order chi connectivity index (χ1) is 21.9. The van der Waals surface area contributed by atoms with Gasteiger partial charge in [-0.15, -0.1) is 0 Å². The number of fused-ring (bicyclic) bond motifs is 2. The Kier molecular flexibility index (Phi) is 9.16. The summed E-state index contributed by atoms with van der Waals surface area (Å²) in [6.45, 7) is 7.32. The van der Waals surface area contributed by atoms with Crippen LogP contribution in [0.4, 0.5) is 8.78 Å². The normalized spacial score (nSPS) is 18.8. The molecular weight excluding hydrogens is 660 g/mol. The second-order valence-electron chi connectivity index (χ2n) is 13.7. The summed E-state index contributed by atoms with van der Waals surface area (Å²) in [5.41, 5.74) is 5.84. The van der Waals surface area contributed by atoms with Crippen LogP contribution in [0.2, 0.25) is 5.04 Å². The SMILES string of the molecule is COc1ccc(Br)cc1[C@@H]1C2=C(C[C@@H](C)N1CC(F)(F)CO[Si](c1ccccc1)(c1ccccc1)C(C)(C)C)c1ccccc1C2. The molecule has 0 radical (unpaired) electrons. The van der Waals surface area contributed by atoms with Crippen molar-refractivity contribution in [2.24, 2.45) is 0 Å². The summed E-state index contributed by atoms with van der Waals surface area (Å²) in [7, 11) is -1.50. The van der Waals surface area contributed by atoms with Gasteiger partial charge in [0.25, 0.3) is 14.2 Å². The zero-order valence-corrected chi connectivity index (χ0v) is 29.8. The molecule has 0 aromatic heterocycles. The molecule has 0 amide bonds. The molecule has 3 nitrogen and oxygen atoms in total. The van der Waals surface area contributed by atoms with Crippen molar-refractivity contribution in [2.45, 2.75) is 63.6 Å². The van der Waals surface area contributed by atoms with Crippen molar-refractivity contribution in [1.82, 2.24) is 4.90 Å². The van der Waals surface area contributed by atoms with E-state index in [4.69, 9.17) is 9.16 Å². The highest BCUT2D eigenvalue weighted by molar-refractivity contribution is 9.10. The van der Waals surface area contributed by atoms with Gasteiger partial charge in [-0.2, -0.15) is 0 Å². The largest absolute Gasteiger partial charge is 0.496 e. The molecule has 1 aliphatic heterocycles. The van der Waals surface area contributed by atoms with Gasteiger partial charge in [0, 0.05) is 16.1 Å². The van der Waals surface area contributed by atoms with E-state index in [-0.39, 0.29) is 12.1 Å². The molecule has 0 unspecified atom stereocenters. The van der Waals surface area contributed by atoms with E-state index in [0.717, 1.165) is 26.8 Å². The minimum Gasteiger partial charge on any atom is -0.496 e. The zero-order valence-electron chi connectivity index (χ0n) is 27.2. The van der Waals surface area contributed by atoms with Gasteiger partial charge in [0.2, 0.25) is 0 Å². The molecule has 0 fully saturated rings. The van der Waals surface area contributed by atoms with E-state index in [1.165, 1.54) is 22.3 Å². The van der Waals surface area contributed by atoms with E-state index < -0.39 is 32.4 Å². The predicted octanol–water partition coefficient (Wildman–Crippen LogP) is 8.81. The van der Waals surface area contributed by atoms with E-state index >= 15 is 8.78 Å². The smallest absolute Gasteiger partial charge is 0.282 e. The van der Waals surface area contributed by atoms with Crippen LogP contribution in [0, 0.1) is 0 Å². The van der Waals surface area contributed by atoms with Crippen LogP contribution >= 0.6 is 15.9 Å². The Morgan fingerprint density at radius 3 is 2.09 bits per heavy atom. The third kappa shape index (κ3) is 6.03. The van der Waals surface area contributed by atoms with Gasteiger partial charge in [-0.25, -0.2) is 8.78 Å². The van der Waals surface area contributed by atoms with Crippen molar-refractivity contribution in [3.63, 3.8) is 0 Å². The topological polar surface area (TPSA) is 21.7 Å². The Bertz CT molecular complexity index is 1680. The Balaban J connectivity index is 1.39.